The summed E-state index contributed by atoms with van der Waals surface area (Å²) in [7, 11) is 1.61. The summed E-state index contributed by atoms with van der Waals surface area (Å²) in [6.07, 6.45) is 1.83. The summed E-state index contributed by atoms with van der Waals surface area (Å²) in [5, 5.41) is 10.00. The molecule has 0 aliphatic carbocycles. The predicted octanol–water partition coefficient (Wildman–Crippen LogP) is 4.02. The number of methoxy groups -OCH3 is 1. The van der Waals surface area contributed by atoms with Gasteiger partial charge >= 0.3 is 0 Å². The quantitative estimate of drug-likeness (QED) is 0.842. The SMILES string of the molecule is CCN1C(=O)/C(=C/c2ccccc2OC)SC1=Nc1ccc(O)cc1. The summed E-state index contributed by atoms with van der Waals surface area (Å²) in [6, 6.07) is 14.1. The number of aromatic hydroxyl groups is 1. The first-order valence-corrected chi connectivity index (χ1v) is 8.66. The Bertz CT molecular complexity index is 844. The molecule has 0 saturated carbocycles. The Morgan fingerprint density at radius 2 is 1.92 bits per heavy atom. The Labute approximate surface area is 150 Å². The lowest BCUT2D eigenvalue weighted by atomic mass is 10.2. The third kappa shape index (κ3) is 3.69. The van der Waals surface area contributed by atoms with Crippen molar-refractivity contribution in [1.29, 1.82) is 0 Å². The van der Waals surface area contributed by atoms with E-state index < -0.39 is 0 Å². The van der Waals surface area contributed by atoms with Gasteiger partial charge in [-0.05, 0) is 55.1 Å². The molecule has 1 aliphatic rings. The molecule has 0 unspecified atom stereocenters. The van der Waals surface area contributed by atoms with Crippen molar-refractivity contribution in [1.82, 2.24) is 4.90 Å². The lowest BCUT2D eigenvalue weighted by Crippen LogP contribution is -2.28. The van der Waals surface area contributed by atoms with Gasteiger partial charge in [-0.3, -0.25) is 9.69 Å². The molecule has 25 heavy (non-hydrogen) atoms. The molecule has 0 spiro atoms. The minimum Gasteiger partial charge on any atom is -0.508 e. The second-order valence-corrected chi connectivity index (χ2v) is 6.32. The highest BCUT2D eigenvalue weighted by Gasteiger charge is 2.32. The Morgan fingerprint density at radius 1 is 1.20 bits per heavy atom. The number of ether oxygens (including phenoxy) is 1. The van der Waals surface area contributed by atoms with Crippen molar-refractivity contribution in [2.24, 2.45) is 4.99 Å². The van der Waals surface area contributed by atoms with E-state index in [-0.39, 0.29) is 11.7 Å². The van der Waals surface area contributed by atoms with Gasteiger partial charge in [-0.2, -0.15) is 0 Å². The molecule has 1 heterocycles. The summed E-state index contributed by atoms with van der Waals surface area (Å²) in [5.74, 6) is 0.828. The zero-order chi connectivity index (χ0) is 17.8. The highest BCUT2D eigenvalue weighted by atomic mass is 32.2. The van der Waals surface area contributed by atoms with E-state index in [9.17, 15) is 9.90 Å². The van der Waals surface area contributed by atoms with Crippen LogP contribution in [0.3, 0.4) is 0 Å². The molecule has 5 nitrogen and oxygen atoms in total. The van der Waals surface area contributed by atoms with Gasteiger partial charge in [0.25, 0.3) is 5.91 Å². The number of carbonyl (C=O) groups excluding carboxylic acids is 1. The Morgan fingerprint density at radius 3 is 2.60 bits per heavy atom. The monoisotopic (exact) mass is 354 g/mol. The number of likely N-dealkylation sites (N-methyl/N-ethyl adjacent to an activating group) is 1. The largest absolute Gasteiger partial charge is 0.508 e. The van der Waals surface area contributed by atoms with Crippen molar-refractivity contribution in [3.8, 4) is 11.5 Å². The third-order valence-corrected chi connectivity index (χ3v) is 4.71. The van der Waals surface area contributed by atoms with Crippen LogP contribution in [0.4, 0.5) is 5.69 Å². The number of amidine groups is 1. The molecular weight excluding hydrogens is 336 g/mol. The number of hydrogen-bond donors (Lipinski definition) is 1. The number of rotatable bonds is 4. The zero-order valence-electron chi connectivity index (χ0n) is 14.0. The van der Waals surface area contributed by atoms with Crippen molar-refractivity contribution in [3.63, 3.8) is 0 Å². The van der Waals surface area contributed by atoms with Crippen molar-refractivity contribution in [3.05, 3.63) is 59.0 Å². The van der Waals surface area contributed by atoms with Crippen LogP contribution in [0.2, 0.25) is 0 Å². The number of para-hydroxylation sites is 1. The standard InChI is InChI=1S/C19H18N2O3S/c1-3-21-18(23)17(12-13-6-4-5-7-16(13)24-2)25-19(21)20-14-8-10-15(22)11-9-14/h4-12,22H,3H2,1-2H3/b17-12-,20-19?. The highest BCUT2D eigenvalue weighted by molar-refractivity contribution is 8.18. The molecule has 0 aromatic heterocycles. The molecular formula is C19H18N2O3S. The minimum atomic E-state index is -0.0732. The molecule has 3 rings (SSSR count). The van der Waals surface area contributed by atoms with Crippen LogP contribution < -0.4 is 4.74 Å². The van der Waals surface area contributed by atoms with Crippen molar-refractivity contribution in [2.75, 3.05) is 13.7 Å². The summed E-state index contributed by atoms with van der Waals surface area (Å²) >= 11 is 1.33. The topological polar surface area (TPSA) is 62.1 Å². The van der Waals surface area contributed by atoms with E-state index >= 15 is 0 Å². The normalized spacial score (nSPS) is 17.5. The second kappa shape index (κ2) is 7.44. The molecule has 1 N–H and O–H groups in total. The van der Waals surface area contributed by atoms with Crippen LogP contribution in [0, 0.1) is 0 Å². The third-order valence-electron chi connectivity index (χ3n) is 3.70. The van der Waals surface area contributed by atoms with Crippen LogP contribution in [0.1, 0.15) is 12.5 Å². The highest BCUT2D eigenvalue weighted by Crippen LogP contribution is 2.35. The lowest BCUT2D eigenvalue weighted by Gasteiger charge is -2.12. The number of carbonyl (C=O) groups is 1. The van der Waals surface area contributed by atoms with Gasteiger partial charge in [0.1, 0.15) is 11.5 Å². The summed E-state index contributed by atoms with van der Waals surface area (Å²) in [6.45, 7) is 2.45. The fourth-order valence-corrected chi connectivity index (χ4v) is 3.49. The van der Waals surface area contributed by atoms with Gasteiger partial charge in [-0.1, -0.05) is 18.2 Å². The van der Waals surface area contributed by atoms with E-state index in [1.54, 1.807) is 36.3 Å². The minimum absolute atomic E-state index is 0.0732. The van der Waals surface area contributed by atoms with Crippen LogP contribution in [-0.2, 0) is 4.79 Å². The summed E-state index contributed by atoms with van der Waals surface area (Å²) in [5.41, 5.74) is 1.54. The van der Waals surface area contributed by atoms with E-state index in [2.05, 4.69) is 4.99 Å². The van der Waals surface area contributed by atoms with Gasteiger partial charge in [-0.15, -0.1) is 0 Å². The number of phenolic OH excluding ortho intramolecular Hbond substituents is 1. The van der Waals surface area contributed by atoms with Gasteiger partial charge in [0, 0.05) is 12.1 Å². The van der Waals surface area contributed by atoms with Gasteiger partial charge in [0.15, 0.2) is 5.17 Å². The average molecular weight is 354 g/mol. The first-order valence-electron chi connectivity index (χ1n) is 7.84. The molecule has 128 valence electrons. The Kier molecular flexibility index (Phi) is 5.09. The van der Waals surface area contributed by atoms with Gasteiger partial charge in [-0.25, -0.2) is 4.99 Å². The van der Waals surface area contributed by atoms with E-state index in [1.807, 2.05) is 37.3 Å². The number of amides is 1. The number of phenols is 1. The zero-order valence-corrected chi connectivity index (χ0v) is 14.8. The smallest absolute Gasteiger partial charge is 0.266 e. The van der Waals surface area contributed by atoms with Crippen molar-refractivity contribution < 1.29 is 14.6 Å². The van der Waals surface area contributed by atoms with E-state index in [4.69, 9.17) is 4.74 Å². The van der Waals surface area contributed by atoms with Gasteiger partial charge in [0.05, 0.1) is 17.7 Å². The number of aliphatic imine (C=N–C) groups is 1. The molecule has 6 heteroatoms. The maximum Gasteiger partial charge on any atom is 0.266 e. The molecule has 1 aliphatic heterocycles. The summed E-state index contributed by atoms with van der Waals surface area (Å²) in [4.78, 5) is 19.4. The molecule has 1 amide bonds. The second-order valence-electron chi connectivity index (χ2n) is 5.31. The molecule has 2 aromatic carbocycles. The number of nitrogens with zero attached hydrogens (tertiary/aromatic N) is 2. The van der Waals surface area contributed by atoms with E-state index in [0.29, 0.717) is 22.3 Å². The molecule has 2 aromatic rings. The molecule has 0 bridgehead atoms. The van der Waals surface area contributed by atoms with Crippen LogP contribution in [0.25, 0.3) is 6.08 Å². The Balaban J connectivity index is 1.94. The Hall–Kier alpha value is -2.73. The van der Waals surface area contributed by atoms with Crippen molar-refractivity contribution in [2.45, 2.75) is 6.92 Å². The fraction of sp³-hybridized carbons (Fsp3) is 0.158. The molecule has 1 fully saturated rings. The van der Waals surface area contributed by atoms with Crippen LogP contribution >= 0.6 is 11.8 Å². The lowest BCUT2D eigenvalue weighted by molar-refractivity contribution is -0.122. The fourth-order valence-electron chi connectivity index (χ4n) is 2.43. The van der Waals surface area contributed by atoms with Crippen molar-refractivity contribution >= 4 is 34.6 Å². The van der Waals surface area contributed by atoms with Crippen LogP contribution in [0.15, 0.2) is 58.4 Å². The van der Waals surface area contributed by atoms with E-state index in [1.165, 1.54) is 11.8 Å². The molecule has 0 atom stereocenters. The average Bonchev–Trinajstić information content (AvgIpc) is 2.92. The first-order chi connectivity index (χ1) is 12.1. The van der Waals surface area contributed by atoms with Gasteiger partial charge in [0.2, 0.25) is 0 Å². The molecule has 1 saturated heterocycles. The van der Waals surface area contributed by atoms with E-state index in [0.717, 1.165) is 11.3 Å². The first kappa shape index (κ1) is 17.1. The van der Waals surface area contributed by atoms with Gasteiger partial charge < -0.3 is 9.84 Å². The predicted molar refractivity (Wildman–Crippen MR) is 101 cm³/mol. The maximum absolute atomic E-state index is 12.7. The molecule has 0 radical (unpaired) electrons. The summed E-state index contributed by atoms with van der Waals surface area (Å²) < 4.78 is 5.35. The number of thioether (sulfide) groups is 1. The van der Waals surface area contributed by atoms with Crippen LogP contribution in [0.5, 0.6) is 11.5 Å². The maximum atomic E-state index is 12.7. The number of benzene rings is 2. The van der Waals surface area contributed by atoms with Crippen LogP contribution in [-0.4, -0.2) is 34.7 Å². The number of hydrogen-bond acceptors (Lipinski definition) is 5.